The lowest BCUT2D eigenvalue weighted by Crippen LogP contribution is -2.32. The number of hydrogen-bond donors (Lipinski definition) is 1. The van der Waals surface area contributed by atoms with Crippen molar-refractivity contribution < 1.29 is 9.84 Å². The Hall–Kier alpha value is -2.57. The summed E-state index contributed by atoms with van der Waals surface area (Å²) in [5, 5.41) is 11.0. The number of hydrogen-bond acceptors (Lipinski definition) is 5. The van der Waals surface area contributed by atoms with Gasteiger partial charge in [-0.15, -0.1) is 0 Å². The van der Waals surface area contributed by atoms with E-state index < -0.39 is 0 Å². The van der Waals surface area contributed by atoms with Gasteiger partial charge in [0.25, 0.3) is 5.56 Å². The average Bonchev–Trinajstić information content (AvgIpc) is 3.19. The van der Waals surface area contributed by atoms with Gasteiger partial charge in [-0.1, -0.05) is 17.7 Å². The van der Waals surface area contributed by atoms with Crippen LogP contribution in [0.15, 0.2) is 47.4 Å². The SMILES string of the molecule is COc1ccc(Cn2c(=O)ccc3cnc(N4CCCC4CO)cc32)cc1Cl. The van der Waals surface area contributed by atoms with Crippen molar-refractivity contribution in [3.8, 4) is 5.75 Å². The summed E-state index contributed by atoms with van der Waals surface area (Å²) < 4.78 is 6.93. The maximum atomic E-state index is 12.6. The van der Waals surface area contributed by atoms with Crippen LogP contribution in [0.5, 0.6) is 5.75 Å². The monoisotopic (exact) mass is 399 g/mol. The first kappa shape index (κ1) is 18.8. The van der Waals surface area contributed by atoms with Gasteiger partial charge in [-0.3, -0.25) is 4.79 Å². The zero-order valence-electron chi connectivity index (χ0n) is 15.6. The molecule has 3 heterocycles. The van der Waals surface area contributed by atoms with Crippen molar-refractivity contribution >= 4 is 28.3 Å². The number of aliphatic hydroxyl groups excluding tert-OH is 1. The van der Waals surface area contributed by atoms with Crippen molar-refractivity contribution in [2.75, 3.05) is 25.2 Å². The van der Waals surface area contributed by atoms with E-state index in [9.17, 15) is 9.90 Å². The topological polar surface area (TPSA) is 67.6 Å². The third kappa shape index (κ3) is 3.45. The van der Waals surface area contributed by atoms with E-state index in [1.54, 1.807) is 36.1 Å². The van der Waals surface area contributed by atoms with E-state index in [4.69, 9.17) is 16.3 Å². The minimum absolute atomic E-state index is 0.0780. The number of benzene rings is 1. The molecule has 1 aliphatic heterocycles. The highest BCUT2D eigenvalue weighted by Gasteiger charge is 2.25. The number of nitrogens with zero attached hydrogens (tertiary/aromatic N) is 3. The minimum Gasteiger partial charge on any atom is -0.495 e. The van der Waals surface area contributed by atoms with Gasteiger partial charge in [0, 0.05) is 30.3 Å². The molecule has 28 heavy (non-hydrogen) atoms. The van der Waals surface area contributed by atoms with Crippen molar-refractivity contribution in [1.29, 1.82) is 0 Å². The summed E-state index contributed by atoms with van der Waals surface area (Å²) in [4.78, 5) is 19.3. The lowest BCUT2D eigenvalue weighted by Gasteiger charge is -2.24. The molecule has 0 saturated carbocycles. The molecule has 0 spiro atoms. The predicted molar refractivity (Wildman–Crippen MR) is 111 cm³/mol. The molecule has 7 heteroatoms. The normalized spacial score (nSPS) is 16.7. The third-order valence-electron chi connectivity index (χ3n) is 5.30. The van der Waals surface area contributed by atoms with Crippen molar-refractivity contribution in [2.24, 2.45) is 0 Å². The lowest BCUT2D eigenvalue weighted by molar-refractivity contribution is 0.266. The van der Waals surface area contributed by atoms with Crippen LogP contribution < -0.4 is 15.2 Å². The van der Waals surface area contributed by atoms with Crippen molar-refractivity contribution in [1.82, 2.24) is 9.55 Å². The molecule has 4 rings (SSSR count). The maximum absolute atomic E-state index is 12.6. The average molecular weight is 400 g/mol. The van der Waals surface area contributed by atoms with Crippen LogP contribution in [0.3, 0.4) is 0 Å². The molecule has 1 unspecified atom stereocenters. The molecule has 1 N–H and O–H groups in total. The Morgan fingerprint density at radius 3 is 2.89 bits per heavy atom. The summed E-state index contributed by atoms with van der Waals surface area (Å²) in [6.07, 6.45) is 3.76. The van der Waals surface area contributed by atoms with Crippen LogP contribution in [0.1, 0.15) is 18.4 Å². The molecule has 6 nitrogen and oxygen atoms in total. The van der Waals surface area contributed by atoms with Gasteiger partial charge in [-0.2, -0.15) is 0 Å². The lowest BCUT2D eigenvalue weighted by atomic mass is 10.2. The molecule has 0 radical (unpaired) electrons. The van der Waals surface area contributed by atoms with Gasteiger partial charge in [0.1, 0.15) is 11.6 Å². The number of ether oxygens (including phenoxy) is 1. The molecular formula is C21H22ClN3O3. The number of fused-ring (bicyclic) bond motifs is 1. The summed E-state index contributed by atoms with van der Waals surface area (Å²) in [7, 11) is 1.57. The van der Waals surface area contributed by atoms with E-state index in [2.05, 4.69) is 9.88 Å². The second kappa shape index (κ2) is 7.81. The van der Waals surface area contributed by atoms with Crippen LogP contribution in [0.25, 0.3) is 10.9 Å². The smallest absolute Gasteiger partial charge is 0.251 e. The van der Waals surface area contributed by atoms with E-state index >= 15 is 0 Å². The van der Waals surface area contributed by atoms with Crippen LogP contribution in [0, 0.1) is 0 Å². The van der Waals surface area contributed by atoms with E-state index in [0.29, 0.717) is 17.3 Å². The number of halogens is 1. The molecule has 0 amide bonds. The van der Waals surface area contributed by atoms with Crippen LogP contribution in [0.4, 0.5) is 5.82 Å². The number of pyridine rings is 2. The number of anilines is 1. The van der Waals surface area contributed by atoms with Crippen LogP contribution in [0.2, 0.25) is 5.02 Å². The summed E-state index contributed by atoms with van der Waals surface area (Å²) >= 11 is 6.24. The molecule has 1 atom stereocenters. The predicted octanol–water partition coefficient (Wildman–Crippen LogP) is 3.07. The molecule has 2 aromatic heterocycles. The standard InChI is InChI=1S/C21H22ClN3O3/c1-28-19-6-4-14(9-17(19)22)12-25-18-10-20(24-8-2-3-16(24)13-26)23-11-15(18)5-7-21(25)27/h4-7,9-11,16,26H,2-3,8,12-13H2,1H3. The molecular weight excluding hydrogens is 378 g/mol. The van der Waals surface area contributed by atoms with Gasteiger partial charge in [0.2, 0.25) is 0 Å². The highest BCUT2D eigenvalue weighted by molar-refractivity contribution is 6.32. The molecule has 0 bridgehead atoms. The fourth-order valence-corrected chi connectivity index (χ4v) is 4.10. The fourth-order valence-electron chi connectivity index (χ4n) is 3.81. The Kier molecular flexibility index (Phi) is 5.24. The highest BCUT2D eigenvalue weighted by Crippen LogP contribution is 2.28. The van der Waals surface area contributed by atoms with Gasteiger partial charge in [0.15, 0.2) is 0 Å². The highest BCUT2D eigenvalue weighted by atomic mass is 35.5. The Balaban J connectivity index is 1.76. The summed E-state index contributed by atoms with van der Waals surface area (Å²) in [5.41, 5.74) is 1.64. The van der Waals surface area contributed by atoms with Crippen LogP contribution >= 0.6 is 11.6 Å². The van der Waals surface area contributed by atoms with E-state index in [-0.39, 0.29) is 18.2 Å². The number of methoxy groups -OCH3 is 1. The Morgan fingerprint density at radius 2 is 2.14 bits per heavy atom. The summed E-state index contributed by atoms with van der Waals surface area (Å²) in [6.45, 7) is 1.35. The van der Waals surface area contributed by atoms with Gasteiger partial charge >= 0.3 is 0 Å². The van der Waals surface area contributed by atoms with Crippen LogP contribution in [-0.4, -0.2) is 41.0 Å². The first-order valence-electron chi connectivity index (χ1n) is 9.30. The van der Waals surface area contributed by atoms with Crippen LogP contribution in [-0.2, 0) is 6.54 Å². The fraction of sp³-hybridized carbons (Fsp3) is 0.333. The first-order chi connectivity index (χ1) is 13.6. The molecule has 1 aromatic carbocycles. The quantitative estimate of drug-likeness (QED) is 0.714. The van der Waals surface area contributed by atoms with Gasteiger partial charge < -0.3 is 19.3 Å². The van der Waals surface area contributed by atoms with Gasteiger partial charge in [-0.05, 0) is 36.6 Å². The van der Waals surface area contributed by atoms with E-state index in [1.807, 2.05) is 18.2 Å². The molecule has 0 aliphatic carbocycles. The number of rotatable bonds is 5. The first-order valence-corrected chi connectivity index (χ1v) is 9.68. The zero-order chi connectivity index (χ0) is 19.7. The summed E-state index contributed by atoms with van der Waals surface area (Å²) in [5.74, 6) is 1.39. The molecule has 146 valence electrons. The van der Waals surface area contributed by atoms with E-state index in [1.165, 1.54) is 0 Å². The number of aliphatic hydroxyl groups is 1. The van der Waals surface area contributed by atoms with Crippen molar-refractivity contribution in [3.05, 3.63) is 63.5 Å². The number of aromatic nitrogens is 2. The minimum atomic E-state index is -0.0864. The largest absolute Gasteiger partial charge is 0.495 e. The third-order valence-corrected chi connectivity index (χ3v) is 5.59. The molecule has 3 aromatic rings. The second-order valence-electron chi connectivity index (χ2n) is 7.00. The van der Waals surface area contributed by atoms with Crippen molar-refractivity contribution in [2.45, 2.75) is 25.4 Å². The Bertz CT molecular complexity index is 1070. The Labute approximate surface area is 168 Å². The molecule has 1 saturated heterocycles. The zero-order valence-corrected chi connectivity index (χ0v) is 16.4. The second-order valence-corrected chi connectivity index (χ2v) is 7.41. The Morgan fingerprint density at radius 1 is 1.29 bits per heavy atom. The molecule has 1 fully saturated rings. The summed E-state index contributed by atoms with van der Waals surface area (Å²) in [6, 6.07) is 10.9. The van der Waals surface area contributed by atoms with Gasteiger partial charge in [0.05, 0.1) is 36.8 Å². The van der Waals surface area contributed by atoms with Gasteiger partial charge in [-0.25, -0.2) is 4.98 Å². The molecule has 1 aliphatic rings. The van der Waals surface area contributed by atoms with E-state index in [0.717, 1.165) is 41.7 Å². The van der Waals surface area contributed by atoms with Crippen molar-refractivity contribution in [3.63, 3.8) is 0 Å². The maximum Gasteiger partial charge on any atom is 0.251 e.